The Kier molecular flexibility index (Phi) is 3.66. The average molecular weight is 334 g/mol. The van der Waals surface area contributed by atoms with Gasteiger partial charge in [-0.25, -0.2) is 0 Å². The van der Waals surface area contributed by atoms with Crippen LogP contribution in [-0.2, 0) is 6.54 Å². The molecule has 1 fully saturated rings. The molecule has 0 unspecified atom stereocenters. The molecule has 2 aromatic rings. The van der Waals surface area contributed by atoms with Crippen molar-refractivity contribution in [2.24, 2.45) is 0 Å². The van der Waals surface area contributed by atoms with Crippen LogP contribution in [0.15, 0.2) is 45.5 Å². The maximum absolute atomic E-state index is 12.7. The lowest BCUT2D eigenvalue weighted by atomic mass is 10.1. The normalized spacial score (nSPS) is 14.3. The monoisotopic (exact) mass is 333 g/mol. The summed E-state index contributed by atoms with van der Waals surface area (Å²) in [5.41, 5.74) is 1.81. The third-order valence-electron chi connectivity index (χ3n) is 3.58. The minimum atomic E-state index is 0.0683. The average Bonchev–Trinajstić information content (AvgIpc) is 3.17. The van der Waals surface area contributed by atoms with Crippen LogP contribution in [0.25, 0.3) is 0 Å². The molecule has 0 atom stereocenters. The molecule has 20 heavy (non-hydrogen) atoms. The molecule has 0 radical (unpaired) electrons. The quantitative estimate of drug-likeness (QED) is 0.841. The van der Waals surface area contributed by atoms with Gasteiger partial charge in [-0.2, -0.15) is 0 Å². The van der Waals surface area contributed by atoms with Crippen LogP contribution in [-0.4, -0.2) is 16.8 Å². The van der Waals surface area contributed by atoms with E-state index in [1.54, 1.807) is 12.3 Å². The standard InChI is InChI=1S/C16H16BrNO2/c1-11-15(7-8-20-11)16(19)18(14-5-6-14)10-12-3-2-4-13(17)9-12/h2-4,7-9,14H,5-6,10H2,1H3. The van der Waals surface area contributed by atoms with Crippen LogP contribution in [0.4, 0.5) is 0 Å². The predicted molar refractivity (Wildman–Crippen MR) is 80.5 cm³/mol. The molecule has 1 aliphatic rings. The van der Waals surface area contributed by atoms with Crippen LogP contribution in [0.3, 0.4) is 0 Å². The van der Waals surface area contributed by atoms with Gasteiger partial charge >= 0.3 is 0 Å². The first-order chi connectivity index (χ1) is 9.65. The van der Waals surface area contributed by atoms with Gasteiger partial charge < -0.3 is 9.32 Å². The number of aryl methyl sites for hydroxylation is 1. The number of carbonyl (C=O) groups is 1. The van der Waals surface area contributed by atoms with E-state index in [9.17, 15) is 4.79 Å². The largest absolute Gasteiger partial charge is 0.469 e. The number of rotatable bonds is 4. The first-order valence-corrected chi connectivity index (χ1v) is 7.54. The van der Waals surface area contributed by atoms with Crippen LogP contribution >= 0.6 is 15.9 Å². The highest BCUT2D eigenvalue weighted by molar-refractivity contribution is 9.10. The fraction of sp³-hybridized carbons (Fsp3) is 0.312. The van der Waals surface area contributed by atoms with E-state index in [0.717, 1.165) is 22.9 Å². The smallest absolute Gasteiger partial charge is 0.257 e. The lowest BCUT2D eigenvalue weighted by molar-refractivity contribution is 0.0728. The third kappa shape index (κ3) is 2.80. The molecule has 1 aromatic heterocycles. The van der Waals surface area contributed by atoms with Crippen molar-refractivity contribution in [3.63, 3.8) is 0 Å². The van der Waals surface area contributed by atoms with Crippen molar-refractivity contribution >= 4 is 21.8 Å². The first kappa shape index (κ1) is 13.4. The predicted octanol–water partition coefficient (Wildman–Crippen LogP) is 4.16. The van der Waals surface area contributed by atoms with Crippen molar-refractivity contribution in [3.8, 4) is 0 Å². The van der Waals surface area contributed by atoms with E-state index in [2.05, 4.69) is 28.1 Å². The van der Waals surface area contributed by atoms with Gasteiger partial charge in [-0.1, -0.05) is 28.1 Å². The van der Waals surface area contributed by atoms with Crippen molar-refractivity contribution in [2.45, 2.75) is 32.4 Å². The van der Waals surface area contributed by atoms with Crippen molar-refractivity contribution in [3.05, 3.63) is 58.0 Å². The topological polar surface area (TPSA) is 33.5 Å². The maximum Gasteiger partial charge on any atom is 0.257 e. The highest BCUT2D eigenvalue weighted by Gasteiger charge is 2.34. The third-order valence-corrected chi connectivity index (χ3v) is 4.07. The Bertz CT molecular complexity index is 631. The Hall–Kier alpha value is -1.55. The number of hydrogen-bond donors (Lipinski definition) is 0. The highest BCUT2D eigenvalue weighted by Crippen LogP contribution is 2.30. The van der Waals surface area contributed by atoms with Crippen LogP contribution < -0.4 is 0 Å². The van der Waals surface area contributed by atoms with Crippen LogP contribution in [0, 0.1) is 6.92 Å². The van der Waals surface area contributed by atoms with Crippen molar-refractivity contribution in [1.82, 2.24) is 4.90 Å². The van der Waals surface area contributed by atoms with Crippen molar-refractivity contribution in [2.75, 3.05) is 0 Å². The fourth-order valence-corrected chi connectivity index (χ4v) is 2.79. The van der Waals surface area contributed by atoms with E-state index >= 15 is 0 Å². The molecule has 104 valence electrons. The summed E-state index contributed by atoms with van der Waals surface area (Å²) in [6.45, 7) is 2.48. The van der Waals surface area contributed by atoms with Gasteiger partial charge in [0.1, 0.15) is 5.76 Å². The molecule has 4 heteroatoms. The van der Waals surface area contributed by atoms with E-state index in [1.807, 2.05) is 24.0 Å². The van der Waals surface area contributed by atoms with Gasteiger partial charge in [-0.05, 0) is 43.5 Å². The Labute approximate surface area is 126 Å². The molecule has 0 N–H and O–H groups in total. The fourth-order valence-electron chi connectivity index (χ4n) is 2.35. The summed E-state index contributed by atoms with van der Waals surface area (Å²) in [5, 5.41) is 0. The number of furan rings is 1. The Morgan fingerprint density at radius 3 is 2.80 bits per heavy atom. The molecule has 0 bridgehead atoms. The molecule has 0 aliphatic heterocycles. The number of carbonyl (C=O) groups excluding carboxylic acids is 1. The van der Waals surface area contributed by atoms with Gasteiger partial charge in [0, 0.05) is 17.1 Å². The summed E-state index contributed by atoms with van der Waals surface area (Å²) in [6.07, 6.45) is 3.76. The van der Waals surface area contributed by atoms with Crippen molar-refractivity contribution < 1.29 is 9.21 Å². The van der Waals surface area contributed by atoms with Crippen LogP contribution in [0.2, 0.25) is 0 Å². The molecule has 1 heterocycles. The summed E-state index contributed by atoms with van der Waals surface area (Å²) in [4.78, 5) is 14.6. The number of hydrogen-bond acceptors (Lipinski definition) is 2. The van der Waals surface area contributed by atoms with E-state index in [-0.39, 0.29) is 5.91 Å². The molecular formula is C16H16BrNO2. The molecular weight excluding hydrogens is 318 g/mol. The van der Waals surface area contributed by atoms with E-state index in [1.165, 1.54) is 0 Å². The second kappa shape index (κ2) is 5.44. The Balaban J connectivity index is 1.83. The summed E-state index contributed by atoms with van der Waals surface area (Å²) >= 11 is 3.47. The van der Waals surface area contributed by atoms with Gasteiger partial charge in [0.2, 0.25) is 0 Å². The van der Waals surface area contributed by atoms with Gasteiger partial charge in [0.15, 0.2) is 0 Å². The zero-order valence-electron chi connectivity index (χ0n) is 11.3. The molecule has 3 rings (SSSR count). The zero-order chi connectivity index (χ0) is 14.1. The molecule has 0 spiro atoms. The maximum atomic E-state index is 12.7. The minimum absolute atomic E-state index is 0.0683. The van der Waals surface area contributed by atoms with Gasteiger partial charge in [0.25, 0.3) is 5.91 Å². The molecule has 0 saturated heterocycles. The number of halogens is 1. The van der Waals surface area contributed by atoms with E-state index in [4.69, 9.17) is 4.42 Å². The molecule has 1 aliphatic carbocycles. The van der Waals surface area contributed by atoms with Gasteiger partial charge in [-0.15, -0.1) is 0 Å². The second-order valence-corrected chi connectivity index (χ2v) is 6.10. The van der Waals surface area contributed by atoms with Crippen molar-refractivity contribution in [1.29, 1.82) is 0 Å². The van der Waals surface area contributed by atoms with E-state index in [0.29, 0.717) is 23.9 Å². The second-order valence-electron chi connectivity index (χ2n) is 5.18. The molecule has 3 nitrogen and oxygen atoms in total. The summed E-state index contributed by atoms with van der Waals surface area (Å²) in [7, 11) is 0. The Morgan fingerprint density at radius 2 is 2.20 bits per heavy atom. The molecule has 1 aromatic carbocycles. The SMILES string of the molecule is Cc1occc1C(=O)N(Cc1cccc(Br)c1)C1CC1. The molecule has 1 amide bonds. The number of amides is 1. The molecule has 1 saturated carbocycles. The van der Waals surface area contributed by atoms with Gasteiger partial charge in [0.05, 0.1) is 11.8 Å². The number of benzene rings is 1. The van der Waals surface area contributed by atoms with Crippen LogP contribution in [0.5, 0.6) is 0 Å². The lowest BCUT2D eigenvalue weighted by Crippen LogP contribution is -2.32. The lowest BCUT2D eigenvalue weighted by Gasteiger charge is -2.22. The summed E-state index contributed by atoms with van der Waals surface area (Å²) in [5.74, 6) is 0.758. The summed E-state index contributed by atoms with van der Waals surface area (Å²) in [6, 6.07) is 10.2. The van der Waals surface area contributed by atoms with E-state index < -0.39 is 0 Å². The summed E-state index contributed by atoms with van der Waals surface area (Å²) < 4.78 is 6.29. The van der Waals surface area contributed by atoms with Crippen LogP contribution in [0.1, 0.15) is 34.5 Å². The van der Waals surface area contributed by atoms with Gasteiger partial charge in [-0.3, -0.25) is 4.79 Å². The minimum Gasteiger partial charge on any atom is -0.469 e. The number of nitrogens with zero attached hydrogens (tertiary/aromatic N) is 1. The first-order valence-electron chi connectivity index (χ1n) is 6.74. The Morgan fingerprint density at radius 1 is 1.40 bits per heavy atom. The highest BCUT2D eigenvalue weighted by atomic mass is 79.9. The zero-order valence-corrected chi connectivity index (χ0v) is 12.9.